The molecule has 1 aromatic carbocycles. The lowest BCUT2D eigenvalue weighted by Crippen LogP contribution is -2.11. The van der Waals surface area contributed by atoms with E-state index in [1.54, 1.807) is 19.1 Å². The molecule has 0 radical (unpaired) electrons. The number of hydrogen-bond donors (Lipinski definition) is 1. The van der Waals surface area contributed by atoms with E-state index in [-0.39, 0.29) is 11.6 Å². The molecule has 3 aromatic rings. The van der Waals surface area contributed by atoms with Gasteiger partial charge in [-0.1, -0.05) is 0 Å². The Balaban J connectivity index is 2.08. The lowest BCUT2D eigenvalue weighted by molar-refractivity contribution is -0.384. The van der Waals surface area contributed by atoms with Crippen molar-refractivity contribution < 1.29 is 14.1 Å². The molecular formula is C15H11N3O4. The predicted molar refractivity (Wildman–Crippen MR) is 79.8 cm³/mol. The SMILES string of the molecule is Cc1cc(NC(=O)c2ccoc2)c2cc([N+](=O)[O-])ccc2n1. The average Bonchev–Trinajstić information content (AvgIpc) is 3.00. The van der Waals surface area contributed by atoms with Gasteiger partial charge in [0.15, 0.2) is 0 Å². The van der Waals surface area contributed by atoms with E-state index in [0.717, 1.165) is 0 Å². The summed E-state index contributed by atoms with van der Waals surface area (Å²) in [5, 5.41) is 14.2. The molecule has 0 atom stereocenters. The van der Waals surface area contributed by atoms with Crippen LogP contribution in [0.4, 0.5) is 11.4 Å². The van der Waals surface area contributed by atoms with Crippen molar-refractivity contribution in [2.24, 2.45) is 0 Å². The van der Waals surface area contributed by atoms with Crippen LogP contribution in [0.5, 0.6) is 0 Å². The first-order valence-electron chi connectivity index (χ1n) is 6.44. The van der Waals surface area contributed by atoms with Crippen LogP contribution in [0.25, 0.3) is 10.9 Å². The molecule has 7 heteroatoms. The average molecular weight is 297 g/mol. The van der Waals surface area contributed by atoms with Gasteiger partial charge in [0, 0.05) is 23.2 Å². The molecule has 0 saturated heterocycles. The van der Waals surface area contributed by atoms with E-state index in [4.69, 9.17) is 4.42 Å². The lowest BCUT2D eigenvalue weighted by Gasteiger charge is -2.09. The Labute approximate surface area is 124 Å². The van der Waals surface area contributed by atoms with Gasteiger partial charge in [-0.25, -0.2) is 0 Å². The molecule has 2 heterocycles. The summed E-state index contributed by atoms with van der Waals surface area (Å²) in [5.41, 5.74) is 2.05. The number of nitro benzene ring substituents is 1. The van der Waals surface area contributed by atoms with Gasteiger partial charge in [0.25, 0.3) is 11.6 Å². The Morgan fingerprint density at radius 2 is 2.14 bits per heavy atom. The molecule has 0 fully saturated rings. The molecule has 0 unspecified atom stereocenters. The van der Waals surface area contributed by atoms with Crippen LogP contribution in [-0.4, -0.2) is 15.8 Å². The van der Waals surface area contributed by atoms with Crippen molar-refractivity contribution in [3.63, 3.8) is 0 Å². The van der Waals surface area contributed by atoms with Gasteiger partial charge in [0.1, 0.15) is 6.26 Å². The van der Waals surface area contributed by atoms with Crippen molar-refractivity contribution in [1.29, 1.82) is 0 Å². The fourth-order valence-corrected chi connectivity index (χ4v) is 2.15. The third-order valence-corrected chi connectivity index (χ3v) is 3.16. The molecule has 1 N–H and O–H groups in total. The number of hydrogen-bond acceptors (Lipinski definition) is 5. The van der Waals surface area contributed by atoms with E-state index in [1.165, 1.54) is 30.7 Å². The molecule has 1 amide bonds. The maximum atomic E-state index is 12.1. The zero-order valence-electron chi connectivity index (χ0n) is 11.6. The molecule has 0 spiro atoms. The smallest absolute Gasteiger partial charge is 0.270 e. The molecule has 110 valence electrons. The van der Waals surface area contributed by atoms with E-state index >= 15 is 0 Å². The number of aromatic nitrogens is 1. The molecule has 0 saturated carbocycles. The number of fused-ring (bicyclic) bond motifs is 1. The topological polar surface area (TPSA) is 98.3 Å². The summed E-state index contributed by atoms with van der Waals surface area (Å²) in [6, 6.07) is 7.55. The fraction of sp³-hybridized carbons (Fsp3) is 0.0667. The molecule has 7 nitrogen and oxygen atoms in total. The van der Waals surface area contributed by atoms with Crippen LogP contribution in [-0.2, 0) is 0 Å². The van der Waals surface area contributed by atoms with Crippen LogP contribution in [0.3, 0.4) is 0 Å². The van der Waals surface area contributed by atoms with E-state index in [9.17, 15) is 14.9 Å². The normalized spacial score (nSPS) is 10.6. The Kier molecular flexibility index (Phi) is 3.30. The second kappa shape index (κ2) is 5.28. The van der Waals surface area contributed by atoms with Crippen LogP contribution in [0, 0.1) is 17.0 Å². The highest BCUT2D eigenvalue weighted by Gasteiger charge is 2.14. The lowest BCUT2D eigenvalue weighted by atomic mass is 10.1. The maximum Gasteiger partial charge on any atom is 0.270 e. The molecule has 22 heavy (non-hydrogen) atoms. The van der Waals surface area contributed by atoms with Gasteiger partial charge >= 0.3 is 0 Å². The minimum Gasteiger partial charge on any atom is -0.472 e. The first-order chi connectivity index (χ1) is 10.5. The summed E-state index contributed by atoms with van der Waals surface area (Å²) >= 11 is 0. The number of nitrogens with zero attached hydrogens (tertiary/aromatic N) is 2. The van der Waals surface area contributed by atoms with Crippen molar-refractivity contribution >= 4 is 28.2 Å². The summed E-state index contributed by atoms with van der Waals surface area (Å²) in [6.45, 7) is 1.79. The van der Waals surface area contributed by atoms with Gasteiger partial charge in [-0.2, -0.15) is 0 Å². The third-order valence-electron chi connectivity index (χ3n) is 3.16. The maximum absolute atomic E-state index is 12.1. The van der Waals surface area contributed by atoms with Crippen molar-refractivity contribution in [3.05, 3.63) is 64.2 Å². The Bertz CT molecular complexity index is 872. The van der Waals surface area contributed by atoms with Crippen molar-refractivity contribution in [2.45, 2.75) is 6.92 Å². The number of carbonyl (C=O) groups excluding carboxylic acids is 1. The molecule has 2 aromatic heterocycles. The second-order valence-corrected chi connectivity index (χ2v) is 4.74. The van der Waals surface area contributed by atoms with Crippen molar-refractivity contribution in [2.75, 3.05) is 5.32 Å². The molecule has 3 rings (SSSR count). The number of non-ortho nitro benzene ring substituents is 1. The van der Waals surface area contributed by atoms with E-state index < -0.39 is 4.92 Å². The van der Waals surface area contributed by atoms with Gasteiger partial charge in [0.2, 0.25) is 0 Å². The first-order valence-corrected chi connectivity index (χ1v) is 6.44. The molecule has 0 aliphatic rings. The Hall–Kier alpha value is -3.22. The standard InChI is InChI=1S/C15H11N3O4/c1-9-6-14(17-15(19)10-4-5-22-8-10)12-7-11(18(20)21)2-3-13(12)16-9/h2-8H,1H3,(H,16,17,19). The largest absolute Gasteiger partial charge is 0.472 e. The van der Waals surface area contributed by atoms with Crippen molar-refractivity contribution in [3.8, 4) is 0 Å². The second-order valence-electron chi connectivity index (χ2n) is 4.74. The minimum atomic E-state index is -0.485. The number of nitrogens with one attached hydrogen (secondary N) is 1. The van der Waals surface area contributed by atoms with E-state index in [2.05, 4.69) is 10.3 Å². The van der Waals surface area contributed by atoms with Gasteiger partial charge in [-0.15, -0.1) is 0 Å². The van der Waals surface area contributed by atoms with Crippen LogP contribution in [0.2, 0.25) is 0 Å². The fourth-order valence-electron chi connectivity index (χ4n) is 2.15. The Morgan fingerprint density at radius 1 is 1.32 bits per heavy atom. The highest BCUT2D eigenvalue weighted by Crippen LogP contribution is 2.27. The summed E-state index contributed by atoms with van der Waals surface area (Å²) in [5.74, 6) is -0.354. The quantitative estimate of drug-likeness (QED) is 0.590. The van der Waals surface area contributed by atoms with Crippen LogP contribution in [0.15, 0.2) is 47.3 Å². The minimum absolute atomic E-state index is 0.0584. The van der Waals surface area contributed by atoms with Crippen LogP contribution < -0.4 is 5.32 Å². The number of aryl methyl sites for hydroxylation is 1. The first kappa shape index (κ1) is 13.7. The number of nitro groups is 1. The third kappa shape index (κ3) is 2.51. The number of furan rings is 1. The molecule has 0 aliphatic heterocycles. The highest BCUT2D eigenvalue weighted by atomic mass is 16.6. The number of pyridine rings is 1. The number of carbonyl (C=O) groups is 1. The summed E-state index contributed by atoms with van der Waals surface area (Å²) < 4.78 is 4.87. The number of amides is 1. The van der Waals surface area contributed by atoms with Gasteiger partial charge in [-0.3, -0.25) is 19.9 Å². The summed E-state index contributed by atoms with van der Waals surface area (Å²) in [4.78, 5) is 26.9. The number of rotatable bonds is 3. The molecule has 0 aliphatic carbocycles. The molecular weight excluding hydrogens is 286 g/mol. The van der Waals surface area contributed by atoms with Crippen LogP contribution >= 0.6 is 0 Å². The van der Waals surface area contributed by atoms with Crippen molar-refractivity contribution in [1.82, 2.24) is 4.98 Å². The monoisotopic (exact) mass is 297 g/mol. The van der Waals surface area contributed by atoms with Gasteiger partial charge in [0.05, 0.1) is 28.0 Å². The zero-order chi connectivity index (χ0) is 15.7. The van der Waals surface area contributed by atoms with E-state index in [0.29, 0.717) is 27.8 Å². The Morgan fingerprint density at radius 3 is 2.82 bits per heavy atom. The summed E-state index contributed by atoms with van der Waals surface area (Å²) in [6.07, 6.45) is 2.73. The van der Waals surface area contributed by atoms with Gasteiger partial charge < -0.3 is 9.73 Å². The summed E-state index contributed by atoms with van der Waals surface area (Å²) in [7, 11) is 0. The number of anilines is 1. The molecule has 0 bridgehead atoms. The predicted octanol–water partition coefficient (Wildman–Crippen LogP) is 3.30. The number of benzene rings is 1. The zero-order valence-corrected chi connectivity index (χ0v) is 11.6. The van der Waals surface area contributed by atoms with E-state index in [1.807, 2.05) is 0 Å². The van der Waals surface area contributed by atoms with Crippen LogP contribution in [0.1, 0.15) is 16.1 Å². The van der Waals surface area contributed by atoms with Gasteiger partial charge in [-0.05, 0) is 25.1 Å². The highest BCUT2D eigenvalue weighted by molar-refractivity contribution is 6.08.